The second-order valence-electron chi connectivity index (χ2n) is 3.45. The lowest BCUT2D eigenvalue weighted by Crippen LogP contribution is -2.23. The minimum Gasteiger partial charge on any atom is -0.294 e. The molecule has 0 fully saturated rings. The van der Waals surface area contributed by atoms with Crippen molar-refractivity contribution >= 4 is 34.5 Å². The maximum absolute atomic E-state index is 11.6. The number of rotatable bonds is 1. The van der Waals surface area contributed by atoms with Crippen LogP contribution in [0.15, 0.2) is 29.3 Å². The highest BCUT2D eigenvalue weighted by molar-refractivity contribution is 6.66. The Labute approximate surface area is 96.7 Å². The fourth-order valence-corrected chi connectivity index (χ4v) is 2.02. The van der Waals surface area contributed by atoms with Crippen LogP contribution in [-0.2, 0) is 9.59 Å². The van der Waals surface area contributed by atoms with E-state index in [9.17, 15) is 14.4 Å². The SMILES string of the molecule is CC(=O)C1=C(Cl)C(=O)C(=O)c2ccccc21. The summed E-state index contributed by atoms with van der Waals surface area (Å²) in [6.07, 6.45) is 0. The van der Waals surface area contributed by atoms with Crippen LogP contribution < -0.4 is 0 Å². The molecular formula is C12H7ClO3. The largest absolute Gasteiger partial charge is 0.294 e. The third-order valence-corrected chi connectivity index (χ3v) is 2.78. The van der Waals surface area contributed by atoms with Crippen molar-refractivity contribution < 1.29 is 14.4 Å². The molecule has 0 radical (unpaired) electrons. The van der Waals surface area contributed by atoms with E-state index in [0.29, 0.717) is 5.56 Å². The van der Waals surface area contributed by atoms with E-state index in [4.69, 9.17) is 11.6 Å². The summed E-state index contributed by atoms with van der Waals surface area (Å²) in [6.45, 7) is 1.32. The highest BCUT2D eigenvalue weighted by atomic mass is 35.5. The molecule has 0 unspecified atom stereocenters. The van der Waals surface area contributed by atoms with Gasteiger partial charge in [-0.2, -0.15) is 0 Å². The van der Waals surface area contributed by atoms with E-state index in [-0.39, 0.29) is 22.0 Å². The Bertz CT molecular complexity index is 555. The maximum atomic E-state index is 11.6. The summed E-state index contributed by atoms with van der Waals surface area (Å²) in [4.78, 5) is 34.5. The van der Waals surface area contributed by atoms with Crippen LogP contribution in [0.5, 0.6) is 0 Å². The summed E-state index contributed by atoms with van der Waals surface area (Å²) in [7, 11) is 0. The van der Waals surface area contributed by atoms with Gasteiger partial charge in [0.2, 0.25) is 11.6 Å². The smallest absolute Gasteiger partial charge is 0.245 e. The zero-order valence-corrected chi connectivity index (χ0v) is 9.17. The van der Waals surface area contributed by atoms with Gasteiger partial charge in [0.15, 0.2) is 5.78 Å². The first-order valence-electron chi connectivity index (χ1n) is 4.63. The number of hydrogen-bond donors (Lipinski definition) is 0. The molecule has 0 N–H and O–H groups in total. The van der Waals surface area contributed by atoms with E-state index in [2.05, 4.69) is 0 Å². The number of carbonyl (C=O) groups is 3. The standard InChI is InChI=1S/C12H7ClO3/c1-6(14)9-7-4-2-3-5-8(7)11(15)12(16)10(9)13/h2-5H,1H3. The van der Waals surface area contributed by atoms with Gasteiger partial charge in [-0.05, 0) is 12.5 Å². The van der Waals surface area contributed by atoms with Gasteiger partial charge >= 0.3 is 0 Å². The van der Waals surface area contributed by atoms with E-state index in [1.807, 2.05) is 0 Å². The van der Waals surface area contributed by atoms with Crippen molar-refractivity contribution in [3.63, 3.8) is 0 Å². The highest BCUT2D eigenvalue weighted by Gasteiger charge is 2.32. The Morgan fingerprint density at radius 1 is 1.06 bits per heavy atom. The van der Waals surface area contributed by atoms with E-state index in [0.717, 1.165) is 0 Å². The molecule has 0 heterocycles. The summed E-state index contributed by atoms with van der Waals surface area (Å²) in [6, 6.07) is 6.45. The molecule has 1 aliphatic carbocycles. The lowest BCUT2D eigenvalue weighted by Gasteiger charge is -2.16. The minimum absolute atomic E-state index is 0.127. The predicted octanol–water partition coefficient (Wildman–Crippen LogP) is 1.99. The van der Waals surface area contributed by atoms with Crippen molar-refractivity contribution in [1.82, 2.24) is 0 Å². The fourth-order valence-electron chi connectivity index (χ4n) is 1.70. The van der Waals surface area contributed by atoms with Gasteiger partial charge in [0.1, 0.15) is 5.03 Å². The topological polar surface area (TPSA) is 51.2 Å². The van der Waals surface area contributed by atoms with Crippen molar-refractivity contribution in [2.75, 3.05) is 0 Å². The van der Waals surface area contributed by atoms with Crippen LogP contribution in [0.3, 0.4) is 0 Å². The number of carbonyl (C=O) groups excluding carboxylic acids is 3. The average molecular weight is 235 g/mol. The van der Waals surface area contributed by atoms with Gasteiger partial charge in [-0.25, -0.2) is 0 Å². The predicted molar refractivity (Wildman–Crippen MR) is 59.2 cm³/mol. The Morgan fingerprint density at radius 3 is 2.19 bits per heavy atom. The molecule has 1 aromatic rings. The van der Waals surface area contributed by atoms with Gasteiger partial charge in [0.05, 0.1) is 0 Å². The van der Waals surface area contributed by atoms with E-state index >= 15 is 0 Å². The van der Waals surface area contributed by atoms with Crippen molar-refractivity contribution in [3.8, 4) is 0 Å². The molecule has 0 spiro atoms. The summed E-state index contributed by atoms with van der Waals surface area (Å²) in [5.74, 6) is -1.80. The Kier molecular flexibility index (Phi) is 2.48. The average Bonchev–Trinajstić information content (AvgIpc) is 2.26. The minimum atomic E-state index is -0.814. The van der Waals surface area contributed by atoms with Crippen LogP contribution in [-0.4, -0.2) is 17.3 Å². The Hall–Kier alpha value is -1.74. The molecule has 80 valence electrons. The Balaban J connectivity index is 2.81. The number of benzene rings is 1. The second kappa shape index (κ2) is 3.68. The highest BCUT2D eigenvalue weighted by Crippen LogP contribution is 2.31. The molecule has 0 aromatic heterocycles. The van der Waals surface area contributed by atoms with Crippen LogP contribution in [0.2, 0.25) is 0 Å². The quantitative estimate of drug-likeness (QED) is 0.699. The normalized spacial score (nSPS) is 15.1. The first kappa shape index (κ1) is 10.8. The van der Waals surface area contributed by atoms with Gasteiger partial charge in [0.25, 0.3) is 0 Å². The van der Waals surface area contributed by atoms with E-state index < -0.39 is 11.6 Å². The molecule has 4 heteroatoms. The van der Waals surface area contributed by atoms with Crippen molar-refractivity contribution in [3.05, 3.63) is 40.4 Å². The number of hydrogen-bond acceptors (Lipinski definition) is 3. The van der Waals surface area contributed by atoms with Crippen molar-refractivity contribution in [2.24, 2.45) is 0 Å². The molecule has 16 heavy (non-hydrogen) atoms. The maximum Gasteiger partial charge on any atom is 0.245 e. The van der Waals surface area contributed by atoms with Gasteiger partial charge in [-0.1, -0.05) is 35.9 Å². The molecule has 0 aliphatic heterocycles. The third-order valence-electron chi connectivity index (χ3n) is 2.42. The molecule has 3 nitrogen and oxygen atoms in total. The van der Waals surface area contributed by atoms with Gasteiger partial charge in [-0.3, -0.25) is 14.4 Å². The van der Waals surface area contributed by atoms with E-state index in [1.54, 1.807) is 18.2 Å². The van der Waals surface area contributed by atoms with Crippen LogP contribution in [0.4, 0.5) is 0 Å². The summed E-state index contributed by atoms with van der Waals surface area (Å²) in [5, 5.41) is -0.281. The van der Waals surface area contributed by atoms with Crippen molar-refractivity contribution in [1.29, 1.82) is 0 Å². The molecule has 0 saturated carbocycles. The summed E-state index contributed by atoms with van der Waals surface area (Å²) < 4.78 is 0. The van der Waals surface area contributed by atoms with Gasteiger partial charge in [0, 0.05) is 11.1 Å². The fraction of sp³-hybridized carbons (Fsp3) is 0.0833. The zero-order chi connectivity index (χ0) is 11.9. The van der Waals surface area contributed by atoms with Gasteiger partial charge < -0.3 is 0 Å². The summed E-state index contributed by atoms with van der Waals surface area (Å²) in [5.41, 5.74) is 0.800. The summed E-state index contributed by atoms with van der Waals surface area (Å²) >= 11 is 5.74. The molecular weight excluding hydrogens is 228 g/mol. The molecule has 0 saturated heterocycles. The number of Topliss-reactive ketones (excluding diaryl/α,β-unsaturated/α-hetero) is 3. The third kappa shape index (κ3) is 1.41. The Morgan fingerprint density at radius 2 is 1.62 bits per heavy atom. The molecule has 0 bridgehead atoms. The number of fused-ring (bicyclic) bond motifs is 1. The first-order valence-corrected chi connectivity index (χ1v) is 5.01. The number of allylic oxidation sites excluding steroid dienone is 2. The molecule has 1 aliphatic rings. The van der Waals surface area contributed by atoms with Crippen molar-refractivity contribution in [2.45, 2.75) is 6.92 Å². The lowest BCUT2D eigenvalue weighted by atomic mass is 9.87. The van der Waals surface area contributed by atoms with Crippen LogP contribution >= 0.6 is 11.6 Å². The van der Waals surface area contributed by atoms with E-state index in [1.165, 1.54) is 13.0 Å². The molecule has 0 atom stereocenters. The van der Waals surface area contributed by atoms with Crippen LogP contribution in [0.1, 0.15) is 22.8 Å². The number of halogens is 1. The first-order chi connectivity index (χ1) is 7.54. The zero-order valence-electron chi connectivity index (χ0n) is 8.41. The lowest BCUT2D eigenvalue weighted by molar-refractivity contribution is -0.113. The molecule has 0 amide bonds. The van der Waals surface area contributed by atoms with Crippen LogP contribution in [0, 0.1) is 0 Å². The van der Waals surface area contributed by atoms with Gasteiger partial charge in [-0.15, -0.1) is 0 Å². The molecule has 1 aromatic carbocycles. The number of ketones is 3. The molecule has 2 rings (SSSR count). The monoisotopic (exact) mass is 234 g/mol. The second-order valence-corrected chi connectivity index (χ2v) is 3.83. The van der Waals surface area contributed by atoms with Crippen LogP contribution in [0.25, 0.3) is 5.57 Å².